The number of hydrogen-bond donors (Lipinski definition) is 3. The monoisotopic (exact) mass is 326 g/mol. The molecular weight excluding hydrogens is 308 g/mol. The van der Waals surface area contributed by atoms with Crippen LogP contribution in [0.25, 0.3) is 0 Å². The fourth-order valence-corrected chi connectivity index (χ4v) is 2.98. The maximum absolute atomic E-state index is 12.3. The molecule has 8 heteroatoms. The third-order valence-electron chi connectivity index (χ3n) is 4.07. The fraction of sp³-hybridized carbons (Fsp3) is 0.375. The van der Waals surface area contributed by atoms with Gasteiger partial charge in [0.1, 0.15) is 5.82 Å². The summed E-state index contributed by atoms with van der Waals surface area (Å²) in [6, 6.07) is 8.77. The zero-order valence-corrected chi connectivity index (χ0v) is 13.1. The number of amides is 1. The lowest BCUT2D eigenvalue weighted by Gasteiger charge is -2.33. The number of benzene rings is 1. The van der Waals surface area contributed by atoms with Crippen molar-refractivity contribution in [2.24, 2.45) is 0 Å². The minimum Gasteiger partial charge on any atom is -0.325 e. The van der Waals surface area contributed by atoms with E-state index in [1.807, 2.05) is 11.0 Å². The van der Waals surface area contributed by atoms with Crippen LogP contribution in [0.4, 0.5) is 5.69 Å². The number of carbonyl (C=O) groups excluding carboxylic acids is 1. The summed E-state index contributed by atoms with van der Waals surface area (Å²) in [5.74, 6) is 0.411. The molecule has 3 N–H and O–H groups in total. The first-order chi connectivity index (χ1) is 11.7. The van der Waals surface area contributed by atoms with Gasteiger partial charge in [0.05, 0.1) is 24.2 Å². The lowest BCUT2D eigenvalue weighted by atomic mass is 10.0. The second-order valence-corrected chi connectivity index (χ2v) is 5.79. The molecule has 8 nitrogen and oxygen atoms in total. The minimum absolute atomic E-state index is 0.0751. The Morgan fingerprint density at radius 2 is 2.33 bits per heavy atom. The van der Waals surface area contributed by atoms with Crippen LogP contribution in [0.2, 0.25) is 0 Å². The number of nitrogens with zero attached hydrogens (tertiary/aromatic N) is 3. The number of aromatic nitrogens is 3. The van der Waals surface area contributed by atoms with Gasteiger partial charge in [-0.05, 0) is 37.6 Å². The smallest absolute Gasteiger partial charge is 0.325 e. The molecule has 1 fully saturated rings. The van der Waals surface area contributed by atoms with Crippen LogP contribution < -0.4 is 11.0 Å². The summed E-state index contributed by atoms with van der Waals surface area (Å²) >= 11 is 0. The summed E-state index contributed by atoms with van der Waals surface area (Å²) in [6.07, 6.45) is 2.88. The Morgan fingerprint density at radius 3 is 3.08 bits per heavy atom. The highest BCUT2D eigenvalue weighted by molar-refractivity contribution is 5.92. The average Bonchev–Trinajstić information content (AvgIpc) is 3.01. The Bertz CT molecular complexity index is 818. The molecule has 24 heavy (non-hydrogen) atoms. The van der Waals surface area contributed by atoms with Crippen molar-refractivity contribution in [3.63, 3.8) is 0 Å². The molecule has 1 amide bonds. The van der Waals surface area contributed by atoms with Crippen LogP contribution in [0.3, 0.4) is 0 Å². The van der Waals surface area contributed by atoms with Crippen LogP contribution in [0.15, 0.2) is 29.1 Å². The Hall–Kier alpha value is -2.92. The van der Waals surface area contributed by atoms with Crippen molar-refractivity contribution in [1.82, 2.24) is 20.1 Å². The van der Waals surface area contributed by atoms with Crippen LogP contribution in [0.1, 0.15) is 36.7 Å². The predicted octanol–water partition coefficient (Wildman–Crippen LogP) is 1.14. The van der Waals surface area contributed by atoms with Crippen LogP contribution in [0, 0.1) is 11.3 Å². The zero-order valence-electron chi connectivity index (χ0n) is 13.1. The predicted molar refractivity (Wildman–Crippen MR) is 87.2 cm³/mol. The highest BCUT2D eigenvalue weighted by Crippen LogP contribution is 2.27. The number of H-pyrrole nitrogens is 2. The van der Waals surface area contributed by atoms with Gasteiger partial charge in [0.25, 0.3) is 0 Å². The Labute approximate surface area is 138 Å². The number of nitrogens with one attached hydrogen (secondary N) is 3. The van der Waals surface area contributed by atoms with E-state index in [2.05, 4.69) is 20.5 Å². The molecule has 2 aromatic rings. The van der Waals surface area contributed by atoms with Crippen molar-refractivity contribution in [1.29, 1.82) is 5.26 Å². The van der Waals surface area contributed by atoms with E-state index in [4.69, 9.17) is 5.26 Å². The third-order valence-corrected chi connectivity index (χ3v) is 4.07. The van der Waals surface area contributed by atoms with E-state index in [9.17, 15) is 9.59 Å². The van der Waals surface area contributed by atoms with Crippen molar-refractivity contribution in [3.8, 4) is 6.07 Å². The standard InChI is InChI=1S/C16H18N6O2/c17-9-11-4-3-5-12(8-11)18-14(23)10-22-7-2-1-6-13(22)15-19-16(24)21-20-15/h3-5,8,13H,1-2,6-7,10H2,(H,18,23)(H2,19,20,21,24). The van der Waals surface area contributed by atoms with Gasteiger partial charge in [-0.25, -0.2) is 9.89 Å². The number of rotatable bonds is 4. The molecule has 1 unspecified atom stereocenters. The molecule has 1 atom stereocenters. The lowest BCUT2D eigenvalue weighted by molar-refractivity contribution is -0.118. The SMILES string of the molecule is N#Cc1cccc(NC(=O)CN2CCCCC2c2n[nH]c(=O)[nH]2)c1. The summed E-state index contributed by atoms with van der Waals surface area (Å²) in [5, 5.41) is 18.1. The van der Waals surface area contributed by atoms with Gasteiger partial charge in [0.15, 0.2) is 0 Å². The lowest BCUT2D eigenvalue weighted by Crippen LogP contribution is -2.39. The van der Waals surface area contributed by atoms with Gasteiger partial charge in [-0.1, -0.05) is 12.5 Å². The molecular formula is C16H18N6O2. The van der Waals surface area contributed by atoms with E-state index >= 15 is 0 Å². The van der Waals surface area contributed by atoms with Crippen molar-refractivity contribution >= 4 is 11.6 Å². The summed E-state index contributed by atoms with van der Waals surface area (Å²) in [5.41, 5.74) is 0.756. The zero-order chi connectivity index (χ0) is 16.9. The van der Waals surface area contributed by atoms with E-state index in [-0.39, 0.29) is 24.2 Å². The van der Waals surface area contributed by atoms with Gasteiger partial charge in [-0.2, -0.15) is 10.4 Å². The molecule has 1 aromatic carbocycles. The molecule has 124 valence electrons. The summed E-state index contributed by atoms with van der Waals surface area (Å²) < 4.78 is 0. The van der Waals surface area contributed by atoms with Gasteiger partial charge in [0, 0.05) is 5.69 Å². The highest BCUT2D eigenvalue weighted by Gasteiger charge is 2.28. The third kappa shape index (κ3) is 3.70. The molecule has 3 rings (SSSR count). The number of aromatic amines is 2. The van der Waals surface area contributed by atoms with E-state index < -0.39 is 0 Å². The molecule has 0 aliphatic carbocycles. The van der Waals surface area contributed by atoms with Crippen LogP contribution in [0.5, 0.6) is 0 Å². The normalized spacial score (nSPS) is 18.0. The number of carbonyl (C=O) groups is 1. The average molecular weight is 326 g/mol. The van der Waals surface area contributed by atoms with E-state index in [0.29, 0.717) is 17.1 Å². The number of hydrogen-bond acceptors (Lipinski definition) is 5. The molecule has 1 aromatic heterocycles. The van der Waals surface area contributed by atoms with E-state index in [0.717, 1.165) is 25.8 Å². The van der Waals surface area contributed by atoms with Gasteiger partial charge in [0.2, 0.25) is 5.91 Å². The first-order valence-corrected chi connectivity index (χ1v) is 7.84. The molecule has 0 saturated carbocycles. The summed E-state index contributed by atoms with van der Waals surface area (Å²) in [7, 11) is 0. The number of likely N-dealkylation sites (tertiary alicyclic amines) is 1. The Kier molecular flexibility index (Phi) is 4.72. The molecule has 2 heterocycles. The topological polar surface area (TPSA) is 118 Å². The fourth-order valence-electron chi connectivity index (χ4n) is 2.98. The molecule has 1 saturated heterocycles. The Morgan fingerprint density at radius 1 is 1.46 bits per heavy atom. The molecule has 1 aliphatic heterocycles. The molecule has 1 aliphatic rings. The second kappa shape index (κ2) is 7.10. The van der Waals surface area contributed by atoms with E-state index in [1.54, 1.807) is 24.3 Å². The van der Waals surface area contributed by atoms with E-state index in [1.165, 1.54) is 0 Å². The van der Waals surface area contributed by atoms with Gasteiger partial charge >= 0.3 is 5.69 Å². The van der Waals surface area contributed by atoms with Crippen molar-refractivity contribution < 1.29 is 4.79 Å². The van der Waals surface area contributed by atoms with Crippen LogP contribution in [-0.2, 0) is 4.79 Å². The van der Waals surface area contributed by atoms with Gasteiger partial charge < -0.3 is 5.32 Å². The van der Waals surface area contributed by atoms with Crippen molar-refractivity contribution in [3.05, 3.63) is 46.1 Å². The summed E-state index contributed by atoms with van der Waals surface area (Å²) in [6.45, 7) is 0.974. The van der Waals surface area contributed by atoms with Crippen molar-refractivity contribution in [2.75, 3.05) is 18.4 Å². The minimum atomic E-state index is -0.340. The van der Waals surface area contributed by atoms with Crippen molar-refractivity contribution in [2.45, 2.75) is 25.3 Å². The Balaban J connectivity index is 1.67. The summed E-state index contributed by atoms with van der Waals surface area (Å²) in [4.78, 5) is 28.3. The van der Waals surface area contributed by atoms with Gasteiger partial charge in [-0.3, -0.25) is 14.7 Å². The van der Waals surface area contributed by atoms with Gasteiger partial charge in [-0.15, -0.1) is 0 Å². The number of anilines is 1. The molecule has 0 spiro atoms. The first-order valence-electron chi connectivity index (χ1n) is 7.84. The largest absolute Gasteiger partial charge is 0.340 e. The maximum Gasteiger partial charge on any atom is 0.340 e. The number of piperidine rings is 1. The second-order valence-electron chi connectivity index (χ2n) is 5.79. The quantitative estimate of drug-likeness (QED) is 0.778. The molecule has 0 bridgehead atoms. The highest BCUT2D eigenvalue weighted by atomic mass is 16.2. The number of nitriles is 1. The maximum atomic E-state index is 12.3. The first kappa shape index (κ1) is 16.0. The van der Waals surface area contributed by atoms with Crippen LogP contribution >= 0.6 is 0 Å². The van der Waals surface area contributed by atoms with Crippen LogP contribution in [-0.4, -0.2) is 39.1 Å². The molecule has 0 radical (unpaired) electrons.